The number of pyridine rings is 1. The maximum atomic E-state index is 8.99. The third-order valence-corrected chi connectivity index (χ3v) is 2.77. The van der Waals surface area contributed by atoms with Gasteiger partial charge in [0, 0.05) is 11.8 Å². The van der Waals surface area contributed by atoms with Crippen LogP contribution < -0.4 is 0 Å². The smallest absolute Gasteiger partial charge is 0.258 e. The van der Waals surface area contributed by atoms with Gasteiger partial charge in [-0.1, -0.05) is 25.1 Å². The van der Waals surface area contributed by atoms with Crippen molar-refractivity contribution in [3.05, 3.63) is 53.7 Å². The van der Waals surface area contributed by atoms with Crippen molar-refractivity contribution >= 4 is 0 Å². The zero-order valence-corrected chi connectivity index (χ0v) is 12.7. The minimum absolute atomic E-state index is 0.380. The number of rotatable bonds is 2. The molecule has 0 fully saturated rings. The van der Waals surface area contributed by atoms with Crippen molar-refractivity contribution in [1.29, 1.82) is 5.26 Å². The third-order valence-electron chi connectivity index (χ3n) is 2.77. The Morgan fingerprint density at radius 3 is 2.64 bits per heavy atom. The Hall–Kier alpha value is -3.00. The number of nitriles is 1. The number of hydrogen-bond donors (Lipinski definition) is 0. The molecule has 0 amide bonds. The Morgan fingerprint density at radius 1 is 1.14 bits per heavy atom. The first kappa shape index (κ1) is 15.4. The van der Waals surface area contributed by atoms with Gasteiger partial charge in [-0.25, -0.2) is 0 Å². The van der Waals surface area contributed by atoms with E-state index in [1.165, 1.54) is 0 Å². The van der Waals surface area contributed by atoms with E-state index in [9.17, 15) is 0 Å². The van der Waals surface area contributed by atoms with E-state index in [2.05, 4.69) is 21.2 Å². The van der Waals surface area contributed by atoms with Crippen LogP contribution >= 0.6 is 0 Å². The molecule has 0 saturated carbocycles. The summed E-state index contributed by atoms with van der Waals surface area (Å²) in [5, 5.41) is 12.9. The summed E-state index contributed by atoms with van der Waals surface area (Å²) >= 11 is 0. The molecule has 3 rings (SSSR count). The fourth-order valence-electron chi connectivity index (χ4n) is 1.91. The van der Waals surface area contributed by atoms with Crippen molar-refractivity contribution in [2.75, 3.05) is 0 Å². The van der Waals surface area contributed by atoms with Crippen molar-refractivity contribution in [3.8, 4) is 29.0 Å². The molecule has 2 aromatic heterocycles. The van der Waals surface area contributed by atoms with Crippen LogP contribution in [0.5, 0.6) is 0 Å². The van der Waals surface area contributed by atoms with Gasteiger partial charge < -0.3 is 4.52 Å². The van der Waals surface area contributed by atoms with Gasteiger partial charge in [0.15, 0.2) is 0 Å². The number of hydrogen-bond acceptors (Lipinski definition) is 5. The van der Waals surface area contributed by atoms with Crippen LogP contribution in [0.4, 0.5) is 0 Å². The summed E-state index contributed by atoms with van der Waals surface area (Å²) in [6.07, 6.45) is 1.67. The highest BCUT2D eigenvalue weighted by molar-refractivity contribution is 5.60. The molecule has 0 spiro atoms. The molecule has 2 heterocycles. The van der Waals surface area contributed by atoms with E-state index in [0.717, 1.165) is 11.1 Å². The second-order valence-corrected chi connectivity index (χ2v) is 4.34. The summed E-state index contributed by atoms with van der Waals surface area (Å²) < 4.78 is 5.25. The molecule has 0 atom stereocenters. The highest BCUT2D eigenvalue weighted by Gasteiger charge is 2.12. The Labute approximate surface area is 129 Å². The summed E-state index contributed by atoms with van der Waals surface area (Å²) in [7, 11) is 0. The van der Waals surface area contributed by atoms with Gasteiger partial charge in [0.05, 0.1) is 11.6 Å². The van der Waals surface area contributed by atoms with E-state index >= 15 is 0 Å². The van der Waals surface area contributed by atoms with E-state index in [4.69, 9.17) is 9.78 Å². The summed E-state index contributed by atoms with van der Waals surface area (Å²) in [4.78, 5) is 8.49. The second kappa shape index (κ2) is 7.14. The van der Waals surface area contributed by atoms with Crippen molar-refractivity contribution in [1.82, 2.24) is 15.1 Å². The van der Waals surface area contributed by atoms with Crippen LogP contribution in [0.15, 0.2) is 47.1 Å². The van der Waals surface area contributed by atoms with E-state index in [1.54, 1.807) is 18.3 Å². The monoisotopic (exact) mass is 292 g/mol. The molecule has 0 aliphatic rings. The molecule has 0 saturated heterocycles. The van der Waals surface area contributed by atoms with Crippen LogP contribution in [0.2, 0.25) is 0 Å². The average Bonchev–Trinajstić information content (AvgIpc) is 3.07. The largest absolute Gasteiger partial charge is 0.334 e. The molecule has 0 N–H and O–H groups in total. The molecular weight excluding hydrogens is 276 g/mol. The van der Waals surface area contributed by atoms with Crippen LogP contribution in [-0.2, 0) is 0 Å². The number of benzene rings is 1. The molecule has 5 heteroatoms. The average molecular weight is 292 g/mol. The van der Waals surface area contributed by atoms with E-state index in [1.807, 2.05) is 45.0 Å². The first-order valence-corrected chi connectivity index (χ1v) is 7.03. The van der Waals surface area contributed by atoms with Crippen molar-refractivity contribution in [3.63, 3.8) is 0 Å². The lowest BCUT2D eigenvalue weighted by Gasteiger charge is -1.98. The molecule has 5 nitrogen and oxygen atoms in total. The van der Waals surface area contributed by atoms with Gasteiger partial charge in [-0.05, 0) is 42.8 Å². The SMILES string of the molecule is CC.Cc1cc(C#N)cc(-c2nc(-c3ccccn3)no2)c1. The van der Waals surface area contributed by atoms with E-state index in [0.29, 0.717) is 23.0 Å². The molecule has 0 bridgehead atoms. The number of nitrogens with zero attached hydrogens (tertiary/aromatic N) is 4. The Morgan fingerprint density at radius 2 is 1.95 bits per heavy atom. The van der Waals surface area contributed by atoms with Gasteiger partial charge in [-0.3, -0.25) is 4.98 Å². The van der Waals surface area contributed by atoms with Gasteiger partial charge in [0.25, 0.3) is 5.89 Å². The maximum Gasteiger partial charge on any atom is 0.258 e. The highest BCUT2D eigenvalue weighted by Crippen LogP contribution is 2.23. The number of aryl methyl sites for hydroxylation is 1. The fraction of sp³-hybridized carbons (Fsp3) is 0.176. The lowest BCUT2D eigenvalue weighted by Crippen LogP contribution is -1.85. The molecule has 0 aliphatic carbocycles. The Balaban J connectivity index is 0.000000847. The minimum Gasteiger partial charge on any atom is -0.334 e. The predicted molar refractivity (Wildman–Crippen MR) is 83.8 cm³/mol. The summed E-state index contributed by atoms with van der Waals surface area (Å²) in [6, 6.07) is 13.0. The highest BCUT2D eigenvalue weighted by atomic mass is 16.5. The Bertz CT molecular complexity index is 788. The topological polar surface area (TPSA) is 75.6 Å². The molecule has 1 aromatic carbocycles. The van der Waals surface area contributed by atoms with E-state index < -0.39 is 0 Å². The van der Waals surface area contributed by atoms with Gasteiger partial charge in [-0.15, -0.1) is 0 Å². The molecular formula is C17H16N4O. The molecule has 22 heavy (non-hydrogen) atoms. The summed E-state index contributed by atoms with van der Waals surface area (Å²) in [5.41, 5.74) is 2.92. The third kappa shape index (κ3) is 3.36. The van der Waals surface area contributed by atoms with Crippen molar-refractivity contribution < 1.29 is 4.52 Å². The Kier molecular flexibility index (Phi) is 4.99. The molecule has 0 radical (unpaired) electrons. The lowest BCUT2D eigenvalue weighted by molar-refractivity contribution is 0.432. The second-order valence-electron chi connectivity index (χ2n) is 4.34. The quantitative estimate of drug-likeness (QED) is 0.713. The molecule has 0 unspecified atom stereocenters. The molecule has 3 aromatic rings. The van der Waals surface area contributed by atoms with Crippen LogP contribution in [-0.4, -0.2) is 15.1 Å². The first-order valence-electron chi connectivity index (χ1n) is 7.03. The van der Waals surface area contributed by atoms with Gasteiger partial charge in [0.1, 0.15) is 5.69 Å². The summed E-state index contributed by atoms with van der Waals surface area (Å²) in [6.45, 7) is 5.92. The minimum atomic E-state index is 0.380. The van der Waals surface area contributed by atoms with Crippen LogP contribution in [0.25, 0.3) is 23.0 Å². The lowest BCUT2D eigenvalue weighted by atomic mass is 10.1. The zero-order valence-electron chi connectivity index (χ0n) is 12.7. The normalized spacial score (nSPS) is 9.55. The fourth-order valence-corrected chi connectivity index (χ4v) is 1.91. The van der Waals surface area contributed by atoms with Gasteiger partial charge in [-0.2, -0.15) is 10.2 Å². The predicted octanol–water partition coefficient (Wildman–Crippen LogP) is 4.00. The van der Waals surface area contributed by atoms with Crippen LogP contribution in [0.1, 0.15) is 25.0 Å². The van der Waals surface area contributed by atoms with Crippen molar-refractivity contribution in [2.24, 2.45) is 0 Å². The summed E-state index contributed by atoms with van der Waals surface area (Å²) in [5.74, 6) is 0.812. The van der Waals surface area contributed by atoms with Crippen LogP contribution in [0, 0.1) is 18.3 Å². The molecule has 0 aliphatic heterocycles. The maximum absolute atomic E-state index is 8.99. The van der Waals surface area contributed by atoms with E-state index in [-0.39, 0.29) is 0 Å². The van der Waals surface area contributed by atoms with Gasteiger partial charge >= 0.3 is 0 Å². The van der Waals surface area contributed by atoms with Gasteiger partial charge in [0.2, 0.25) is 5.82 Å². The standard InChI is InChI=1S/C15H10N4O.C2H6/c1-10-6-11(9-16)8-12(7-10)15-18-14(19-20-15)13-4-2-3-5-17-13;1-2/h2-8H,1H3;1-2H3. The number of aromatic nitrogens is 3. The zero-order chi connectivity index (χ0) is 15.9. The van der Waals surface area contributed by atoms with Crippen molar-refractivity contribution in [2.45, 2.75) is 20.8 Å². The molecule has 110 valence electrons. The first-order chi connectivity index (χ1) is 10.8. The van der Waals surface area contributed by atoms with Crippen LogP contribution in [0.3, 0.4) is 0 Å².